The number of rotatable bonds is 8. The predicted octanol–water partition coefficient (Wildman–Crippen LogP) is 6.74. The van der Waals surface area contributed by atoms with Crippen LogP contribution in [0.1, 0.15) is 57.4 Å². The van der Waals surface area contributed by atoms with Gasteiger partial charge in [0.15, 0.2) is 5.82 Å². The van der Waals surface area contributed by atoms with Crippen molar-refractivity contribution in [2.45, 2.75) is 76.1 Å². The molecule has 0 spiro atoms. The first-order valence-corrected chi connectivity index (χ1v) is 17.0. The van der Waals surface area contributed by atoms with E-state index in [4.69, 9.17) is 14.5 Å². The van der Waals surface area contributed by atoms with Gasteiger partial charge in [-0.2, -0.15) is 9.97 Å². The minimum atomic E-state index is -0.904. The Morgan fingerprint density at radius 3 is 2.83 bits per heavy atom. The summed E-state index contributed by atoms with van der Waals surface area (Å²) < 4.78 is 58.5. The quantitative estimate of drug-likeness (QED) is 0.225. The van der Waals surface area contributed by atoms with E-state index in [-0.39, 0.29) is 41.2 Å². The van der Waals surface area contributed by atoms with Crippen LogP contribution in [0.25, 0.3) is 32.9 Å². The van der Waals surface area contributed by atoms with E-state index < -0.39 is 23.3 Å². The SMILES string of the molecule is CCc1c(F)ccc2cc(O)cc(-c3ncc4c(N5CCC(CC6CCCO6)C5)nc(OC[C@@]56CCCN5C[C@H](F)C6)nc4c3F)c12. The molecule has 2 aromatic carbocycles. The molecule has 8 nitrogen and oxygen atoms in total. The Morgan fingerprint density at radius 2 is 2.00 bits per heavy atom. The number of ether oxygens (including phenoxy) is 2. The molecule has 8 rings (SSSR count). The minimum Gasteiger partial charge on any atom is -0.508 e. The van der Waals surface area contributed by atoms with Gasteiger partial charge in [0.25, 0.3) is 0 Å². The van der Waals surface area contributed by atoms with E-state index in [0.717, 1.165) is 64.8 Å². The molecule has 4 saturated heterocycles. The molecule has 0 saturated carbocycles. The fraction of sp³-hybridized carbons (Fsp3) is 0.528. The number of nitrogens with zero attached hydrogens (tertiary/aromatic N) is 5. The topological polar surface area (TPSA) is 83.8 Å². The number of hydrogen-bond acceptors (Lipinski definition) is 8. The van der Waals surface area contributed by atoms with Crippen molar-refractivity contribution in [2.24, 2.45) is 5.92 Å². The van der Waals surface area contributed by atoms with E-state index in [1.807, 2.05) is 6.92 Å². The van der Waals surface area contributed by atoms with E-state index in [0.29, 0.717) is 52.8 Å². The van der Waals surface area contributed by atoms with Gasteiger partial charge < -0.3 is 19.5 Å². The average Bonchev–Trinajstić information content (AvgIpc) is 3.86. The third-order valence-corrected chi connectivity index (χ3v) is 10.8. The third kappa shape index (κ3) is 5.45. The summed E-state index contributed by atoms with van der Waals surface area (Å²) in [6, 6.07) is 5.94. The van der Waals surface area contributed by atoms with Crippen molar-refractivity contribution in [1.29, 1.82) is 0 Å². The molecule has 11 heteroatoms. The third-order valence-electron chi connectivity index (χ3n) is 10.8. The van der Waals surface area contributed by atoms with Gasteiger partial charge in [0.2, 0.25) is 0 Å². The van der Waals surface area contributed by atoms with Crippen LogP contribution in [-0.4, -0.2) is 82.2 Å². The summed E-state index contributed by atoms with van der Waals surface area (Å²) in [6.45, 7) is 5.58. The van der Waals surface area contributed by atoms with Gasteiger partial charge in [-0.05, 0) is 91.9 Å². The van der Waals surface area contributed by atoms with Crippen molar-refractivity contribution in [3.8, 4) is 23.0 Å². The number of phenolic OH excluding ortho intramolecular Hbond substituents is 1. The van der Waals surface area contributed by atoms with E-state index in [9.17, 15) is 13.9 Å². The molecule has 4 aliphatic heterocycles. The van der Waals surface area contributed by atoms with Crippen molar-refractivity contribution >= 4 is 27.5 Å². The zero-order valence-electron chi connectivity index (χ0n) is 26.7. The summed E-state index contributed by atoms with van der Waals surface area (Å²) in [7, 11) is 0. The smallest absolute Gasteiger partial charge is 0.319 e. The second-order valence-corrected chi connectivity index (χ2v) is 13.8. The van der Waals surface area contributed by atoms with Crippen LogP contribution in [-0.2, 0) is 11.2 Å². The zero-order valence-corrected chi connectivity index (χ0v) is 26.7. The lowest BCUT2D eigenvalue weighted by atomic mass is 9.94. The van der Waals surface area contributed by atoms with Gasteiger partial charge in [-0.25, -0.2) is 13.2 Å². The molecule has 1 N–H and O–H groups in total. The second-order valence-electron chi connectivity index (χ2n) is 13.8. The van der Waals surface area contributed by atoms with Gasteiger partial charge in [-0.1, -0.05) is 13.0 Å². The number of pyridine rings is 1. The molecule has 47 heavy (non-hydrogen) atoms. The number of benzene rings is 2. The first-order chi connectivity index (χ1) is 22.8. The van der Waals surface area contributed by atoms with Crippen LogP contribution in [0.5, 0.6) is 11.8 Å². The maximum Gasteiger partial charge on any atom is 0.319 e. The zero-order chi connectivity index (χ0) is 32.3. The maximum atomic E-state index is 16.9. The lowest BCUT2D eigenvalue weighted by molar-refractivity contribution is 0.0921. The van der Waals surface area contributed by atoms with Crippen molar-refractivity contribution < 1.29 is 27.8 Å². The van der Waals surface area contributed by atoms with Crippen LogP contribution in [0.15, 0.2) is 30.5 Å². The number of aromatic nitrogens is 3. The van der Waals surface area contributed by atoms with Crippen molar-refractivity contribution in [3.63, 3.8) is 0 Å². The van der Waals surface area contributed by atoms with Crippen molar-refractivity contribution in [2.75, 3.05) is 44.3 Å². The van der Waals surface area contributed by atoms with E-state index in [2.05, 4.69) is 19.8 Å². The summed E-state index contributed by atoms with van der Waals surface area (Å²) in [6.07, 6.45) is 7.63. The Hall–Kier alpha value is -3.70. The Bertz CT molecular complexity index is 1840. The summed E-state index contributed by atoms with van der Waals surface area (Å²) in [5.41, 5.74) is 0.295. The summed E-state index contributed by atoms with van der Waals surface area (Å²) >= 11 is 0. The first-order valence-electron chi connectivity index (χ1n) is 17.0. The number of phenols is 1. The molecule has 2 unspecified atom stereocenters. The Morgan fingerprint density at radius 1 is 1.11 bits per heavy atom. The van der Waals surface area contributed by atoms with E-state index in [1.165, 1.54) is 12.1 Å². The van der Waals surface area contributed by atoms with Gasteiger partial charge in [0, 0.05) is 44.4 Å². The first kappa shape index (κ1) is 30.6. The molecule has 0 amide bonds. The Balaban J connectivity index is 1.22. The van der Waals surface area contributed by atoms with Gasteiger partial charge >= 0.3 is 6.01 Å². The van der Waals surface area contributed by atoms with Gasteiger partial charge in [0.1, 0.15) is 41.4 Å². The van der Waals surface area contributed by atoms with Crippen LogP contribution < -0.4 is 9.64 Å². The van der Waals surface area contributed by atoms with Crippen LogP contribution in [0.2, 0.25) is 0 Å². The lowest BCUT2D eigenvalue weighted by Crippen LogP contribution is -2.43. The number of aryl methyl sites for hydroxylation is 1. The summed E-state index contributed by atoms with van der Waals surface area (Å²) in [4.78, 5) is 18.3. The van der Waals surface area contributed by atoms with Gasteiger partial charge in [0.05, 0.1) is 17.0 Å². The molecule has 6 heterocycles. The molecule has 0 radical (unpaired) electrons. The van der Waals surface area contributed by atoms with Crippen LogP contribution >= 0.6 is 0 Å². The average molecular weight is 648 g/mol. The van der Waals surface area contributed by atoms with E-state index in [1.54, 1.807) is 18.3 Å². The van der Waals surface area contributed by atoms with Crippen molar-refractivity contribution in [3.05, 3.63) is 47.7 Å². The van der Waals surface area contributed by atoms with Crippen LogP contribution in [0.4, 0.5) is 19.0 Å². The van der Waals surface area contributed by atoms with Crippen LogP contribution in [0, 0.1) is 17.6 Å². The molecule has 4 aromatic rings. The normalized spacial score (nSPS) is 26.2. The minimum absolute atomic E-state index is 0.0377. The number of anilines is 1. The Labute approximate surface area is 271 Å². The molecule has 4 fully saturated rings. The molecule has 0 aliphatic carbocycles. The monoisotopic (exact) mass is 647 g/mol. The predicted molar refractivity (Wildman–Crippen MR) is 174 cm³/mol. The van der Waals surface area contributed by atoms with Gasteiger partial charge in [-0.15, -0.1) is 0 Å². The number of alkyl halides is 1. The fourth-order valence-corrected chi connectivity index (χ4v) is 8.61. The highest BCUT2D eigenvalue weighted by Gasteiger charge is 2.49. The molecular weight excluding hydrogens is 607 g/mol. The number of hydrogen-bond donors (Lipinski definition) is 1. The Kier molecular flexibility index (Phi) is 7.87. The van der Waals surface area contributed by atoms with Gasteiger partial charge in [-0.3, -0.25) is 9.88 Å². The number of fused-ring (bicyclic) bond motifs is 3. The fourth-order valence-electron chi connectivity index (χ4n) is 8.61. The highest BCUT2D eigenvalue weighted by molar-refractivity contribution is 6.01. The molecule has 4 aliphatic rings. The largest absolute Gasteiger partial charge is 0.508 e. The maximum absolute atomic E-state index is 16.9. The standard InChI is InChI=1S/C36H40F3N5O3/c1-2-26-29(38)7-6-22-14-24(45)15-27(30(22)26)32-31(39)33-28(17-40-32)34(43-11-8-21(18-43)13-25-5-3-12-46-25)42-35(41-33)47-20-36-9-4-10-44(36)19-23(37)16-36/h6-7,14-15,17,21,23,25,45H,2-5,8-13,16,18-20H2,1H3/t21?,23-,25?,36+/m1/s1. The molecule has 4 atom stereocenters. The van der Waals surface area contributed by atoms with Crippen LogP contribution in [0.3, 0.4) is 0 Å². The lowest BCUT2D eigenvalue weighted by Gasteiger charge is -2.31. The molecule has 0 bridgehead atoms. The summed E-state index contributed by atoms with van der Waals surface area (Å²) in [5, 5.41) is 12.1. The number of halogens is 3. The highest BCUT2D eigenvalue weighted by Crippen LogP contribution is 2.42. The van der Waals surface area contributed by atoms with E-state index >= 15 is 4.39 Å². The number of aromatic hydroxyl groups is 1. The second kappa shape index (κ2) is 12.1. The molecular formula is C36H40F3N5O3. The molecule has 248 valence electrons. The van der Waals surface area contributed by atoms with Crippen molar-refractivity contribution in [1.82, 2.24) is 19.9 Å². The summed E-state index contributed by atoms with van der Waals surface area (Å²) in [5.74, 6) is -0.212. The molecule has 2 aromatic heterocycles. The highest BCUT2D eigenvalue weighted by atomic mass is 19.1.